The molecule has 1 aliphatic carbocycles. The van der Waals surface area contributed by atoms with Gasteiger partial charge in [0.1, 0.15) is 0 Å². The first-order valence-electron chi connectivity index (χ1n) is 7.86. The Labute approximate surface area is 126 Å². The van der Waals surface area contributed by atoms with Crippen molar-refractivity contribution in [2.24, 2.45) is 5.73 Å². The van der Waals surface area contributed by atoms with Crippen LogP contribution in [0.5, 0.6) is 0 Å². The number of carbonyl (C=O) groups is 1. The van der Waals surface area contributed by atoms with Crippen molar-refractivity contribution in [1.29, 1.82) is 0 Å². The first-order chi connectivity index (χ1) is 10.1. The van der Waals surface area contributed by atoms with Crippen molar-refractivity contribution < 1.29 is 9.90 Å². The van der Waals surface area contributed by atoms with Gasteiger partial charge in [0.25, 0.3) is 0 Å². The number of nitrogens with one attached hydrogen (secondary N) is 1. The van der Waals surface area contributed by atoms with Crippen molar-refractivity contribution in [3.63, 3.8) is 0 Å². The quantitative estimate of drug-likeness (QED) is 0.688. The largest absolute Gasteiger partial charge is 0.395 e. The molecule has 1 amide bonds. The molecule has 4 heteroatoms. The van der Waals surface area contributed by atoms with Gasteiger partial charge in [-0.1, -0.05) is 19.1 Å². The number of anilines is 1. The Balaban J connectivity index is 1.94. The van der Waals surface area contributed by atoms with Gasteiger partial charge in [0.05, 0.1) is 6.61 Å². The van der Waals surface area contributed by atoms with E-state index in [1.165, 1.54) is 18.4 Å². The molecule has 0 aliphatic heterocycles. The molecule has 2 rings (SSSR count). The lowest BCUT2D eigenvalue weighted by atomic mass is 9.89. The van der Waals surface area contributed by atoms with Gasteiger partial charge in [0, 0.05) is 18.2 Å². The first-order valence-corrected chi connectivity index (χ1v) is 7.86. The van der Waals surface area contributed by atoms with Gasteiger partial charge in [0.2, 0.25) is 5.91 Å². The zero-order valence-electron chi connectivity index (χ0n) is 12.8. The predicted molar refractivity (Wildman–Crippen MR) is 85.2 cm³/mol. The lowest BCUT2D eigenvalue weighted by Crippen LogP contribution is -2.25. The van der Waals surface area contributed by atoms with E-state index in [9.17, 15) is 4.79 Å². The molecular formula is C17H26N2O2. The number of hydrogen-bond donors (Lipinski definition) is 3. The molecule has 1 atom stereocenters. The second-order valence-electron chi connectivity index (χ2n) is 6.14. The van der Waals surface area contributed by atoms with Crippen molar-refractivity contribution in [3.8, 4) is 0 Å². The summed E-state index contributed by atoms with van der Waals surface area (Å²) in [5, 5.41) is 11.9. The molecule has 0 radical (unpaired) electrons. The van der Waals surface area contributed by atoms with E-state index in [0.29, 0.717) is 6.42 Å². The summed E-state index contributed by atoms with van der Waals surface area (Å²) in [5.41, 5.74) is 8.23. The number of hydrogen-bond acceptors (Lipinski definition) is 3. The Morgan fingerprint density at radius 3 is 2.57 bits per heavy atom. The number of benzene rings is 1. The Kier molecular flexibility index (Phi) is 5.37. The van der Waals surface area contributed by atoms with Crippen molar-refractivity contribution >= 4 is 11.6 Å². The monoisotopic (exact) mass is 290 g/mol. The fourth-order valence-corrected chi connectivity index (χ4v) is 2.74. The van der Waals surface area contributed by atoms with Crippen LogP contribution in [0.2, 0.25) is 0 Å². The Morgan fingerprint density at radius 1 is 1.38 bits per heavy atom. The molecule has 0 aromatic heterocycles. The number of nitrogens with two attached hydrogens (primary N) is 1. The minimum absolute atomic E-state index is 0.0540. The van der Waals surface area contributed by atoms with E-state index < -0.39 is 0 Å². The molecule has 21 heavy (non-hydrogen) atoms. The van der Waals surface area contributed by atoms with Gasteiger partial charge in [0.15, 0.2) is 0 Å². The Bertz CT molecular complexity index is 466. The molecule has 0 saturated heterocycles. The van der Waals surface area contributed by atoms with Gasteiger partial charge in [-0.3, -0.25) is 4.79 Å². The number of amides is 1. The normalized spacial score (nSPS) is 17.3. The highest BCUT2D eigenvalue weighted by atomic mass is 16.3. The van der Waals surface area contributed by atoms with Crippen LogP contribution in [0.4, 0.5) is 5.69 Å². The number of aliphatic hydroxyl groups excluding tert-OH is 1. The van der Waals surface area contributed by atoms with Crippen LogP contribution in [0.3, 0.4) is 0 Å². The molecule has 1 aromatic rings. The maximum atomic E-state index is 11.6. The van der Waals surface area contributed by atoms with Gasteiger partial charge in [-0.05, 0) is 55.2 Å². The molecule has 4 nitrogen and oxygen atoms in total. The molecule has 1 aliphatic rings. The van der Waals surface area contributed by atoms with E-state index >= 15 is 0 Å². The van der Waals surface area contributed by atoms with Crippen LogP contribution in [0.25, 0.3) is 0 Å². The third-order valence-electron chi connectivity index (χ3n) is 4.34. The summed E-state index contributed by atoms with van der Waals surface area (Å²) in [6.07, 6.45) is 5.67. The summed E-state index contributed by atoms with van der Waals surface area (Å²) in [4.78, 5) is 11.6. The standard InChI is InChI=1S/C17H26N2O2/c1-2-3-16(21)19-15-6-4-13(5-7-15)17(10-11-17)9-8-14(18)12-20/h4-7,14,20H,2-3,8-12,18H2,1H3,(H,19,21)/t14-/m0/s1. The Hall–Kier alpha value is -1.39. The van der Waals surface area contributed by atoms with Gasteiger partial charge in [-0.15, -0.1) is 0 Å². The zero-order valence-corrected chi connectivity index (χ0v) is 12.8. The van der Waals surface area contributed by atoms with E-state index in [-0.39, 0.29) is 24.0 Å². The first kappa shape index (κ1) is 16.0. The molecule has 0 spiro atoms. The highest BCUT2D eigenvalue weighted by Crippen LogP contribution is 2.52. The minimum atomic E-state index is -0.116. The van der Waals surface area contributed by atoms with Gasteiger partial charge >= 0.3 is 0 Å². The summed E-state index contributed by atoms with van der Waals surface area (Å²) in [7, 11) is 0. The summed E-state index contributed by atoms with van der Waals surface area (Å²) in [6.45, 7) is 2.05. The fraction of sp³-hybridized carbons (Fsp3) is 0.588. The van der Waals surface area contributed by atoms with Crippen molar-refractivity contribution in [2.75, 3.05) is 11.9 Å². The molecule has 1 fully saturated rings. The smallest absolute Gasteiger partial charge is 0.224 e. The van der Waals surface area contributed by atoms with Crippen molar-refractivity contribution in [3.05, 3.63) is 29.8 Å². The summed E-state index contributed by atoms with van der Waals surface area (Å²) in [5.74, 6) is 0.0697. The molecule has 0 unspecified atom stereocenters. The van der Waals surface area contributed by atoms with Gasteiger partial charge in [-0.2, -0.15) is 0 Å². The zero-order chi connectivity index (χ0) is 15.3. The SMILES string of the molecule is CCCC(=O)Nc1ccc(C2(CC[C@H](N)CO)CC2)cc1. The van der Waals surface area contributed by atoms with Crippen molar-refractivity contribution in [2.45, 2.75) is 56.9 Å². The third kappa shape index (κ3) is 4.29. The van der Waals surface area contributed by atoms with Crippen LogP contribution in [-0.4, -0.2) is 23.7 Å². The summed E-state index contributed by atoms with van der Waals surface area (Å²) in [6, 6.07) is 8.07. The lowest BCUT2D eigenvalue weighted by molar-refractivity contribution is -0.116. The second kappa shape index (κ2) is 7.05. The van der Waals surface area contributed by atoms with Crippen molar-refractivity contribution in [1.82, 2.24) is 0 Å². The lowest BCUT2D eigenvalue weighted by Gasteiger charge is -2.18. The molecule has 4 N–H and O–H groups in total. The van der Waals surface area contributed by atoms with Crippen LogP contribution >= 0.6 is 0 Å². The highest BCUT2D eigenvalue weighted by molar-refractivity contribution is 5.90. The molecule has 1 aromatic carbocycles. The van der Waals surface area contributed by atoms with Gasteiger partial charge in [-0.25, -0.2) is 0 Å². The average molecular weight is 290 g/mol. The van der Waals surface area contributed by atoms with Crippen LogP contribution in [0.15, 0.2) is 24.3 Å². The number of aliphatic hydroxyl groups is 1. The van der Waals surface area contributed by atoms with Crippen LogP contribution in [0.1, 0.15) is 51.0 Å². The second-order valence-corrected chi connectivity index (χ2v) is 6.14. The molecular weight excluding hydrogens is 264 g/mol. The predicted octanol–water partition coefficient (Wildman–Crippen LogP) is 2.56. The highest BCUT2D eigenvalue weighted by Gasteiger charge is 2.43. The van der Waals surface area contributed by atoms with E-state index in [1.807, 2.05) is 19.1 Å². The summed E-state index contributed by atoms with van der Waals surface area (Å²) >= 11 is 0. The maximum Gasteiger partial charge on any atom is 0.224 e. The third-order valence-corrected chi connectivity index (χ3v) is 4.34. The number of rotatable bonds is 8. The average Bonchev–Trinajstić information content (AvgIpc) is 3.27. The van der Waals surface area contributed by atoms with E-state index in [2.05, 4.69) is 17.4 Å². The molecule has 0 heterocycles. The summed E-state index contributed by atoms with van der Waals surface area (Å²) < 4.78 is 0. The van der Waals surface area contributed by atoms with E-state index in [0.717, 1.165) is 24.9 Å². The van der Waals surface area contributed by atoms with E-state index in [1.54, 1.807) is 0 Å². The fourth-order valence-electron chi connectivity index (χ4n) is 2.74. The topological polar surface area (TPSA) is 75.4 Å². The minimum Gasteiger partial charge on any atom is -0.395 e. The molecule has 116 valence electrons. The maximum absolute atomic E-state index is 11.6. The van der Waals surface area contributed by atoms with Crippen LogP contribution in [0, 0.1) is 0 Å². The molecule has 0 bridgehead atoms. The number of carbonyl (C=O) groups excluding carboxylic acids is 1. The Morgan fingerprint density at radius 2 is 2.05 bits per heavy atom. The van der Waals surface area contributed by atoms with E-state index in [4.69, 9.17) is 10.8 Å². The van der Waals surface area contributed by atoms with Crippen LogP contribution in [-0.2, 0) is 10.2 Å². The molecule has 1 saturated carbocycles. The van der Waals surface area contributed by atoms with Crippen LogP contribution < -0.4 is 11.1 Å². The van der Waals surface area contributed by atoms with Gasteiger partial charge < -0.3 is 16.2 Å².